The average Bonchev–Trinajstić information content (AvgIpc) is 2.25. The fraction of sp³-hybridized carbons (Fsp3) is 0.538. The summed E-state index contributed by atoms with van der Waals surface area (Å²) in [6.45, 7) is 6.02. The van der Waals surface area contributed by atoms with Gasteiger partial charge in [0.15, 0.2) is 0 Å². The Morgan fingerprint density at radius 3 is 2.40 bits per heavy atom. The minimum absolute atomic E-state index is 0.0482. The minimum Gasteiger partial charge on any atom is -0.591 e. The summed E-state index contributed by atoms with van der Waals surface area (Å²) < 4.78 is 42.5. The molecule has 0 aromatic carbocycles. The number of alkyl halides is 2. The van der Waals surface area contributed by atoms with Crippen molar-refractivity contribution >= 4 is 33.0 Å². The Balaban J connectivity index is 3.19. The first-order valence-corrected chi connectivity index (χ1v) is 7.89. The summed E-state index contributed by atoms with van der Waals surface area (Å²) >= 11 is 1.58. The van der Waals surface area contributed by atoms with Crippen LogP contribution in [0, 0.1) is 0 Å². The zero-order chi connectivity index (χ0) is 15.6. The average molecular weight is 367 g/mol. The SMILES string of the molecule is CC(F)(F)CC(=N[S@+]([O-])C(C)(C)C)c1cccc(Br)n1. The first-order chi connectivity index (χ1) is 8.99. The highest BCUT2D eigenvalue weighted by molar-refractivity contribution is 9.10. The van der Waals surface area contributed by atoms with Gasteiger partial charge in [-0.25, -0.2) is 13.8 Å². The third-order valence-corrected chi connectivity index (χ3v) is 4.08. The van der Waals surface area contributed by atoms with Crippen LogP contribution in [0.5, 0.6) is 0 Å². The molecule has 0 radical (unpaired) electrons. The molecule has 0 fully saturated rings. The highest BCUT2D eigenvalue weighted by atomic mass is 79.9. The van der Waals surface area contributed by atoms with Crippen molar-refractivity contribution in [3.8, 4) is 0 Å². The molecule has 1 heterocycles. The number of hydrogen-bond donors (Lipinski definition) is 0. The number of rotatable bonds is 4. The molecule has 0 saturated carbocycles. The van der Waals surface area contributed by atoms with Crippen LogP contribution in [-0.4, -0.2) is 25.9 Å². The van der Waals surface area contributed by atoms with Crippen LogP contribution in [0.15, 0.2) is 27.2 Å². The fourth-order valence-electron chi connectivity index (χ4n) is 1.27. The summed E-state index contributed by atoms with van der Waals surface area (Å²) in [5.74, 6) is -2.94. The van der Waals surface area contributed by atoms with Gasteiger partial charge in [0.25, 0.3) is 5.92 Å². The first-order valence-electron chi connectivity index (χ1n) is 5.99. The Hall–Kier alpha value is -0.530. The van der Waals surface area contributed by atoms with E-state index in [0.29, 0.717) is 10.3 Å². The van der Waals surface area contributed by atoms with Crippen LogP contribution >= 0.6 is 15.9 Å². The molecule has 0 aliphatic carbocycles. The molecule has 0 unspecified atom stereocenters. The van der Waals surface area contributed by atoms with Crippen molar-refractivity contribution in [1.82, 2.24) is 4.98 Å². The fourth-order valence-corrected chi connectivity index (χ4v) is 2.25. The zero-order valence-corrected chi connectivity index (χ0v) is 14.2. The number of nitrogens with zero attached hydrogens (tertiary/aromatic N) is 2. The van der Waals surface area contributed by atoms with Gasteiger partial charge in [0.1, 0.15) is 26.4 Å². The van der Waals surface area contributed by atoms with E-state index >= 15 is 0 Å². The van der Waals surface area contributed by atoms with Gasteiger partial charge in [0, 0.05) is 0 Å². The predicted octanol–water partition coefficient (Wildman–Crippen LogP) is 4.14. The lowest BCUT2D eigenvalue weighted by Crippen LogP contribution is -2.28. The van der Waals surface area contributed by atoms with E-state index < -0.39 is 28.5 Å². The van der Waals surface area contributed by atoms with Crippen molar-refractivity contribution in [2.24, 2.45) is 4.40 Å². The summed E-state index contributed by atoms with van der Waals surface area (Å²) in [5, 5.41) is 0. The Morgan fingerprint density at radius 1 is 1.35 bits per heavy atom. The van der Waals surface area contributed by atoms with Gasteiger partial charge in [-0.2, -0.15) is 0 Å². The minimum atomic E-state index is -2.94. The summed E-state index contributed by atoms with van der Waals surface area (Å²) in [6, 6.07) is 4.94. The monoisotopic (exact) mass is 366 g/mol. The molecule has 7 heteroatoms. The Kier molecular flexibility index (Phi) is 5.69. The molecule has 1 rings (SSSR count). The summed E-state index contributed by atoms with van der Waals surface area (Å²) in [7, 11) is 0. The first kappa shape index (κ1) is 17.5. The van der Waals surface area contributed by atoms with E-state index in [1.807, 2.05) is 0 Å². The molecule has 0 saturated heterocycles. The van der Waals surface area contributed by atoms with Crippen molar-refractivity contribution in [2.45, 2.75) is 44.8 Å². The number of pyridine rings is 1. The molecule has 0 aliphatic rings. The normalized spacial score (nSPS) is 15.3. The Morgan fingerprint density at radius 2 is 1.95 bits per heavy atom. The maximum atomic E-state index is 13.3. The summed E-state index contributed by atoms with van der Waals surface area (Å²) in [5.41, 5.74) is 0.352. The second-order valence-corrected chi connectivity index (χ2v) is 8.21. The van der Waals surface area contributed by atoms with Crippen LogP contribution in [0.25, 0.3) is 0 Å². The molecule has 3 nitrogen and oxygen atoms in total. The molecule has 1 aromatic rings. The standard InChI is InChI=1S/C13H17BrF2N2OS/c1-12(2,3)20(19)18-10(8-13(4,15)16)9-6-5-7-11(14)17-9/h5-7H,8H2,1-4H3/t20-/m1/s1. The number of halogens is 3. The highest BCUT2D eigenvalue weighted by Gasteiger charge is 2.31. The van der Waals surface area contributed by atoms with Crippen LogP contribution in [-0.2, 0) is 11.4 Å². The smallest absolute Gasteiger partial charge is 0.251 e. The van der Waals surface area contributed by atoms with E-state index in [4.69, 9.17) is 0 Å². The molecule has 0 amide bonds. The molecular formula is C13H17BrF2N2OS. The van der Waals surface area contributed by atoms with Crippen LogP contribution < -0.4 is 0 Å². The van der Waals surface area contributed by atoms with Crippen molar-refractivity contribution < 1.29 is 13.3 Å². The van der Waals surface area contributed by atoms with Gasteiger partial charge in [0.2, 0.25) is 0 Å². The van der Waals surface area contributed by atoms with Gasteiger partial charge in [0.05, 0.1) is 12.1 Å². The van der Waals surface area contributed by atoms with Gasteiger partial charge >= 0.3 is 0 Å². The maximum absolute atomic E-state index is 13.3. The second-order valence-electron chi connectivity index (χ2n) is 5.49. The summed E-state index contributed by atoms with van der Waals surface area (Å²) in [6.07, 6.45) is -0.599. The number of aromatic nitrogens is 1. The molecule has 1 aromatic heterocycles. The van der Waals surface area contributed by atoms with Crippen LogP contribution in [0.2, 0.25) is 0 Å². The van der Waals surface area contributed by atoms with Crippen molar-refractivity contribution in [3.63, 3.8) is 0 Å². The predicted molar refractivity (Wildman–Crippen MR) is 81.6 cm³/mol. The molecule has 0 N–H and O–H groups in total. The molecule has 0 aliphatic heterocycles. The third-order valence-electron chi connectivity index (χ3n) is 2.21. The van der Waals surface area contributed by atoms with Crippen LogP contribution in [0.3, 0.4) is 0 Å². The largest absolute Gasteiger partial charge is 0.591 e. The van der Waals surface area contributed by atoms with Crippen molar-refractivity contribution in [1.29, 1.82) is 0 Å². The van der Waals surface area contributed by atoms with E-state index in [0.717, 1.165) is 6.92 Å². The van der Waals surface area contributed by atoms with E-state index in [2.05, 4.69) is 25.3 Å². The molecule has 1 atom stereocenters. The topological polar surface area (TPSA) is 48.3 Å². The lowest BCUT2D eigenvalue weighted by molar-refractivity contribution is 0.0304. The van der Waals surface area contributed by atoms with Gasteiger partial charge in [-0.1, -0.05) is 10.5 Å². The lowest BCUT2D eigenvalue weighted by Gasteiger charge is -2.20. The van der Waals surface area contributed by atoms with Crippen LogP contribution in [0.4, 0.5) is 8.78 Å². The zero-order valence-electron chi connectivity index (χ0n) is 11.8. The Labute approximate surface area is 129 Å². The molecule has 0 bridgehead atoms. The quantitative estimate of drug-likeness (QED) is 0.456. The van der Waals surface area contributed by atoms with E-state index in [-0.39, 0.29) is 5.71 Å². The molecule has 0 spiro atoms. The van der Waals surface area contributed by atoms with Crippen molar-refractivity contribution in [2.75, 3.05) is 0 Å². The maximum Gasteiger partial charge on any atom is 0.251 e. The van der Waals surface area contributed by atoms with Gasteiger partial charge < -0.3 is 4.55 Å². The highest BCUT2D eigenvalue weighted by Crippen LogP contribution is 2.24. The second kappa shape index (κ2) is 6.49. The summed E-state index contributed by atoms with van der Waals surface area (Å²) in [4.78, 5) is 4.11. The Bertz CT molecular complexity index is 498. The lowest BCUT2D eigenvalue weighted by atomic mass is 10.1. The molecule has 112 valence electrons. The van der Waals surface area contributed by atoms with Crippen LogP contribution in [0.1, 0.15) is 39.8 Å². The number of hydrogen-bond acceptors (Lipinski definition) is 3. The molecule has 20 heavy (non-hydrogen) atoms. The van der Waals surface area contributed by atoms with E-state index in [9.17, 15) is 13.3 Å². The van der Waals surface area contributed by atoms with E-state index in [1.54, 1.807) is 39.0 Å². The van der Waals surface area contributed by atoms with E-state index in [1.165, 1.54) is 0 Å². The van der Waals surface area contributed by atoms with Gasteiger partial charge in [-0.15, -0.1) is 0 Å². The van der Waals surface area contributed by atoms with Gasteiger partial charge in [-0.3, -0.25) is 0 Å². The third kappa shape index (κ3) is 5.85. The van der Waals surface area contributed by atoms with Crippen molar-refractivity contribution in [3.05, 3.63) is 28.5 Å². The van der Waals surface area contributed by atoms with Gasteiger partial charge in [-0.05, 0) is 55.8 Å². The molecular weight excluding hydrogens is 350 g/mol.